The van der Waals surface area contributed by atoms with Gasteiger partial charge in [-0.25, -0.2) is 4.79 Å². The Morgan fingerprint density at radius 2 is 1.97 bits per heavy atom. The summed E-state index contributed by atoms with van der Waals surface area (Å²) in [6.07, 6.45) is 0. The first-order valence-corrected chi connectivity index (χ1v) is 10.6. The molecular formula is C22H18Br2N2O4. The van der Waals surface area contributed by atoms with Crippen molar-refractivity contribution < 1.29 is 19.0 Å². The SMILES string of the molecule is CCOC(=O)C1=C(c2ccccc2)OC(N)=C(C#N)[C@@H]1c1cc(Br)cc(Br)c1OC. The van der Waals surface area contributed by atoms with Gasteiger partial charge in [-0.3, -0.25) is 0 Å². The summed E-state index contributed by atoms with van der Waals surface area (Å²) in [6.45, 7) is 1.88. The van der Waals surface area contributed by atoms with Gasteiger partial charge in [0.25, 0.3) is 0 Å². The lowest BCUT2D eigenvalue weighted by atomic mass is 9.81. The molecule has 0 saturated heterocycles. The van der Waals surface area contributed by atoms with E-state index >= 15 is 0 Å². The van der Waals surface area contributed by atoms with E-state index in [0.717, 1.165) is 4.47 Å². The number of nitrogens with zero attached hydrogens (tertiary/aromatic N) is 1. The predicted octanol–water partition coefficient (Wildman–Crippen LogP) is 5.00. The molecule has 0 amide bonds. The molecule has 0 spiro atoms. The van der Waals surface area contributed by atoms with Crippen molar-refractivity contribution in [3.63, 3.8) is 0 Å². The highest BCUT2D eigenvalue weighted by Crippen LogP contribution is 2.48. The van der Waals surface area contributed by atoms with E-state index in [4.69, 9.17) is 19.9 Å². The molecule has 1 aliphatic heterocycles. The Balaban J connectivity index is 2.38. The van der Waals surface area contributed by atoms with E-state index in [1.165, 1.54) is 7.11 Å². The second-order valence-electron chi connectivity index (χ2n) is 6.26. The lowest BCUT2D eigenvalue weighted by molar-refractivity contribution is -0.138. The largest absolute Gasteiger partial charge is 0.495 e. The van der Waals surface area contributed by atoms with E-state index in [2.05, 4.69) is 37.9 Å². The molecular weight excluding hydrogens is 516 g/mol. The lowest BCUT2D eigenvalue weighted by Gasteiger charge is -2.29. The van der Waals surface area contributed by atoms with Crippen LogP contribution < -0.4 is 10.5 Å². The zero-order valence-electron chi connectivity index (χ0n) is 16.2. The van der Waals surface area contributed by atoms with Gasteiger partial charge in [-0.05, 0) is 35.0 Å². The number of benzene rings is 2. The molecule has 2 N–H and O–H groups in total. The van der Waals surface area contributed by atoms with Crippen molar-refractivity contribution in [3.05, 3.63) is 79.6 Å². The van der Waals surface area contributed by atoms with E-state index in [1.807, 2.05) is 24.3 Å². The van der Waals surface area contributed by atoms with Gasteiger partial charge in [0, 0.05) is 15.6 Å². The van der Waals surface area contributed by atoms with Crippen molar-refractivity contribution >= 4 is 43.6 Å². The quantitative estimate of drug-likeness (QED) is 0.543. The summed E-state index contributed by atoms with van der Waals surface area (Å²) in [6, 6.07) is 14.8. The van der Waals surface area contributed by atoms with E-state index in [9.17, 15) is 10.1 Å². The molecule has 6 nitrogen and oxygen atoms in total. The lowest BCUT2D eigenvalue weighted by Crippen LogP contribution is -2.26. The molecule has 8 heteroatoms. The monoisotopic (exact) mass is 532 g/mol. The number of hydrogen-bond donors (Lipinski definition) is 1. The number of allylic oxidation sites excluding steroid dienone is 1. The van der Waals surface area contributed by atoms with Gasteiger partial charge in [0.15, 0.2) is 0 Å². The normalized spacial score (nSPS) is 16.0. The summed E-state index contributed by atoms with van der Waals surface area (Å²) in [5.74, 6) is -0.803. The topological polar surface area (TPSA) is 94.6 Å². The number of esters is 1. The number of nitrogens with two attached hydrogens (primary N) is 1. The molecule has 30 heavy (non-hydrogen) atoms. The minimum Gasteiger partial charge on any atom is -0.495 e. The smallest absolute Gasteiger partial charge is 0.338 e. The second-order valence-corrected chi connectivity index (χ2v) is 8.03. The van der Waals surface area contributed by atoms with Gasteiger partial charge >= 0.3 is 5.97 Å². The molecule has 0 aliphatic carbocycles. The standard InChI is InChI=1S/C22H18Br2N2O4/c1-3-29-22(27)18-17(14-9-13(23)10-16(24)20(14)28-2)15(11-25)21(26)30-19(18)12-7-5-4-6-8-12/h4-10,17H,3,26H2,1-2H3/t17-/m0/s1. The average molecular weight is 534 g/mol. The number of rotatable bonds is 5. The van der Waals surface area contributed by atoms with Gasteiger partial charge in [-0.1, -0.05) is 46.3 Å². The summed E-state index contributed by atoms with van der Waals surface area (Å²) in [5.41, 5.74) is 7.61. The summed E-state index contributed by atoms with van der Waals surface area (Å²) in [7, 11) is 1.52. The molecule has 0 fully saturated rings. The van der Waals surface area contributed by atoms with Crippen LogP contribution in [0, 0.1) is 11.3 Å². The summed E-state index contributed by atoms with van der Waals surface area (Å²) >= 11 is 6.95. The van der Waals surface area contributed by atoms with Gasteiger partial charge in [0.2, 0.25) is 5.88 Å². The van der Waals surface area contributed by atoms with Crippen molar-refractivity contribution in [2.45, 2.75) is 12.8 Å². The Hall–Kier alpha value is -2.76. The highest BCUT2D eigenvalue weighted by molar-refractivity contribution is 9.11. The van der Waals surface area contributed by atoms with Crippen molar-refractivity contribution in [1.82, 2.24) is 0 Å². The number of carbonyl (C=O) groups excluding carboxylic acids is 1. The number of halogens is 2. The van der Waals surface area contributed by atoms with Crippen LogP contribution in [0.15, 0.2) is 68.4 Å². The molecule has 154 valence electrons. The van der Waals surface area contributed by atoms with Gasteiger partial charge in [0.1, 0.15) is 23.2 Å². The first kappa shape index (κ1) is 21.9. The Bertz CT molecular complexity index is 1090. The van der Waals surface area contributed by atoms with Crippen molar-refractivity contribution in [2.24, 2.45) is 5.73 Å². The Morgan fingerprint density at radius 1 is 1.27 bits per heavy atom. The number of methoxy groups -OCH3 is 1. The number of hydrogen-bond acceptors (Lipinski definition) is 6. The molecule has 0 radical (unpaired) electrons. The van der Waals surface area contributed by atoms with Crippen LogP contribution in [-0.2, 0) is 14.3 Å². The number of ether oxygens (including phenoxy) is 3. The third kappa shape index (κ3) is 4.09. The van der Waals surface area contributed by atoms with Crippen molar-refractivity contribution in [3.8, 4) is 11.8 Å². The van der Waals surface area contributed by atoms with Gasteiger partial charge < -0.3 is 19.9 Å². The first-order valence-electron chi connectivity index (χ1n) is 9.00. The summed E-state index contributed by atoms with van der Waals surface area (Å²) in [5, 5.41) is 9.87. The van der Waals surface area contributed by atoms with Crippen molar-refractivity contribution in [2.75, 3.05) is 13.7 Å². The average Bonchev–Trinajstić information content (AvgIpc) is 2.73. The minimum atomic E-state index is -0.846. The second kappa shape index (κ2) is 9.37. The Labute approximate surface area is 191 Å². The molecule has 0 unspecified atom stereocenters. The third-order valence-corrected chi connectivity index (χ3v) is 5.55. The van der Waals surface area contributed by atoms with Crippen LogP contribution in [0.1, 0.15) is 24.0 Å². The highest BCUT2D eigenvalue weighted by atomic mass is 79.9. The zero-order valence-corrected chi connectivity index (χ0v) is 19.4. The molecule has 1 aliphatic rings. The van der Waals surface area contributed by atoms with E-state index < -0.39 is 11.9 Å². The Morgan fingerprint density at radius 3 is 2.57 bits per heavy atom. The van der Waals surface area contributed by atoms with Crippen LogP contribution in [0.5, 0.6) is 5.75 Å². The van der Waals surface area contributed by atoms with Crippen LogP contribution in [0.3, 0.4) is 0 Å². The Kier molecular flexibility index (Phi) is 6.85. The molecule has 0 aromatic heterocycles. The maximum Gasteiger partial charge on any atom is 0.338 e. The van der Waals surface area contributed by atoms with Crippen molar-refractivity contribution in [1.29, 1.82) is 5.26 Å². The van der Waals surface area contributed by atoms with Gasteiger partial charge in [-0.15, -0.1) is 0 Å². The third-order valence-electron chi connectivity index (χ3n) is 4.50. The first-order chi connectivity index (χ1) is 14.4. The molecule has 1 heterocycles. The maximum atomic E-state index is 13.1. The highest BCUT2D eigenvalue weighted by Gasteiger charge is 2.40. The molecule has 3 rings (SSSR count). The summed E-state index contributed by atoms with van der Waals surface area (Å²) < 4.78 is 18.1. The van der Waals surface area contributed by atoms with Crippen LogP contribution in [0.4, 0.5) is 0 Å². The predicted molar refractivity (Wildman–Crippen MR) is 119 cm³/mol. The van der Waals surface area contributed by atoms with Crippen LogP contribution >= 0.6 is 31.9 Å². The van der Waals surface area contributed by atoms with E-state index in [0.29, 0.717) is 21.3 Å². The van der Waals surface area contributed by atoms with E-state index in [1.54, 1.807) is 25.1 Å². The molecule has 2 aromatic carbocycles. The van der Waals surface area contributed by atoms with Crippen LogP contribution in [0.2, 0.25) is 0 Å². The fourth-order valence-electron chi connectivity index (χ4n) is 3.30. The van der Waals surface area contributed by atoms with Gasteiger partial charge in [-0.2, -0.15) is 5.26 Å². The number of nitriles is 1. The maximum absolute atomic E-state index is 13.1. The van der Waals surface area contributed by atoms with E-state index in [-0.39, 0.29) is 29.4 Å². The molecule has 1 atom stereocenters. The van der Waals surface area contributed by atoms with Crippen LogP contribution in [-0.4, -0.2) is 19.7 Å². The zero-order chi connectivity index (χ0) is 21.8. The summed E-state index contributed by atoms with van der Waals surface area (Å²) in [4.78, 5) is 13.1. The molecule has 0 saturated carbocycles. The van der Waals surface area contributed by atoms with Crippen LogP contribution in [0.25, 0.3) is 5.76 Å². The molecule has 2 aromatic rings. The fourth-order valence-corrected chi connectivity index (χ4v) is 4.72. The van der Waals surface area contributed by atoms with Gasteiger partial charge in [0.05, 0.1) is 29.7 Å². The fraction of sp³-hybridized carbons (Fsp3) is 0.182. The number of carbonyl (C=O) groups is 1. The molecule has 0 bridgehead atoms. The minimum absolute atomic E-state index is 0.0763.